The van der Waals surface area contributed by atoms with Gasteiger partial charge in [-0.1, -0.05) is 23.4 Å². The molecule has 1 aromatic rings. The second kappa shape index (κ2) is 4.61. The maximum atomic E-state index is 9.86. The quantitative estimate of drug-likeness (QED) is 0.525. The van der Waals surface area contributed by atoms with Crippen LogP contribution in [0.1, 0.15) is 18.4 Å². The number of fused-ring (bicyclic) bond motifs is 3. The number of phenolic OH excluding ortho intramolecular Hbond substituents is 1. The van der Waals surface area contributed by atoms with Gasteiger partial charge in [-0.2, -0.15) is 0 Å². The van der Waals surface area contributed by atoms with Gasteiger partial charge in [0.05, 0.1) is 13.1 Å². The Balaban J connectivity index is 1.85. The normalized spacial score (nSPS) is 32.9. The molecule has 0 spiro atoms. The number of benzene rings is 1. The summed E-state index contributed by atoms with van der Waals surface area (Å²) in [7, 11) is 0. The van der Waals surface area contributed by atoms with Crippen LogP contribution in [-0.4, -0.2) is 35.2 Å². The first-order valence-corrected chi connectivity index (χ1v) is 6.63. The molecule has 0 unspecified atom stereocenters. The Labute approximate surface area is 107 Å². The first-order chi connectivity index (χ1) is 8.79. The van der Waals surface area contributed by atoms with Crippen molar-refractivity contribution in [2.24, 2.45) is 11.1 Å². The lowest BCUT2D eigenvalue weighted by atomic mass is 9.79. The second-order valence-electron chi connectivity index (χ2n) is 5.34. The molecule has 0 radical (unpaired) electrons. The first-order valence-electron chi connectivity index (χ1n) is 6.63. The molecule has 0 amide bonds. The minimum atomic E-state index is 0.232. The summed E-state index contributed by atoms with van der Waals surface area (Å²) in [6.07, 6.45) is 3.02. The molecule has 4 heteroatoms. The van der Waals surface area contributed by atoms with Crippen molar-refractivity contribution in [3.63, 3.8) is 0 Å². The van der Waals surface area contributed by atoms with Gasteiger partial charge in [0.2, 0.25) is 0 Å². The Kier molecular flexibility index (Phi) is 2.96. The van der Waals surface area contributed by atoms with Crippen molar-refractivity contribution < 1.29 is 15.2 Å². The zero-order chi connectivity index (χ0) is 12.5. The molecule has 4 rings (SSSR count). The molecule has 1 aromatic carbocycles. The maximum Gasteiger partial charge on any atom is 0.134 e. The molecular formula is C14H19N2O2+. The highest BCUT2D eigenvalue weighted by Gasteiger charge is 2.43. The van der Waals surface area contributed by atoms with E-state index in [0.717, 1.165) is 43.6 Å². The standard InChI is InChI=1S/C14H18N2O2/c17-13-4-2-1-3-11(13)9-12-14(15-18)10-5-7-16(12)8-6-10/h1-4,10,12,17-18H,5-9H2/p+1/b15-14-/t12-/m1/s1. The number of oxime groups is 1. The van der Waals surface area contributed by atoms with Crippen LogP contribution in [0.2, 0.25) is 0 Å². The third-order valence-corrected chi connectivity index (χ3v) is 4.43. The zero-order valence-corrected chi connectivity index (χ0v) is 10.3. The van der Waals surface area contributed by atoms with Crippen LogP contribution in [0.4, 0.5) is 0 Å². The predicted molar refractivity (Wildman–Crippen MR) is 68.2 cm³/mol. The van der Waals surface area contributed by atoms with Gasteiger partial charge in [0.25, 0.3) is 0 Å². The fourth-order valence-corrected chi connectivity index (χ4v) is 3.43. The fraction of sp³-hybridized carbons (Fsp3) is 0.500. The molecule has 3 saturated heterocycles. The maximum absolute atomic E-state index is 9.86. The average molecular weight is 247 g/mol. The van der Waals surface area contributed by atoms with E-state index in [4.69, 9.17) is 0 Å². The van der Waals surface area contributed by atoms with Gasteiger partial charge < -0.3 is 15.2 Å². The van der Waals surface area contributed by atoms with E-state index in [1.54, 1.807) is 6.07 Å². The Morgan fingerprint density at radius 2 is 1.94 bits per heavy atom. The Morgan fingerprint density at radius 3 is 2.61 bits per heavy atom. The molecule has 4 nitrogen and oxygen atoms in total. The number of hydrogen-bond acceptors (Lipinski definition) is 3. The van der Waals surface area contributed by atoms with Gasteiger partial charge in [-0.25, -0.2) is 0 Å². The van der Waals surface area contributed by atoms with E-state index in [0.29, 0.717) is 11.7 Å². The SMILES string of the molecule is O/N=C1/C2CC[NH+](CC2)[C@@H]1Cc1ccccc1O. The summed E-state index contributed by atoms with van der Waals surface area (Å²) in [6.45, 7) is 2.31. The van der Waals surface area contributed by atoms with Crippen LogP contribution < -0.4 is 4.90 Å². The highest BCUT2D eigenvalue weighted by atomic mass is 16.4. The molecule has 3 heterocycles. The molecule has 0 aromatic heterocycles. The molecule has 3 aliphatic rings. The molecular weight excluding hydrogens is 228 g/mol. The van der Waals surface area contributed by atoms with Crippen LogP contribution >= 0.6 is 0 Å². The molecule has 2 bridgehead atoms. The summed E-state index contributed by atoms with van der Waals surface area (Å²) in [5, 5.41) is 22.7. The highest BCUT2D eigenvalue weighted by Crippen LogP contribution is 2.24. The summed E-state index contributed by atoms with van der Waals surface area (Å²) in [5.41, 5.74) is 1.88. The predicted octanol–water partition coefficient (Wildman–Crippen LogP) is 0.442. The van der Waals surface area contributed by atoms with Crippen molar-refractivity contribution >= 4 is 5.71 Å². The number of nitrogens with zero attached hydrogens (tertiary/aromatic N) is 1. The number of rotatable bonds is 2. The van der Waals surface area contributed by atoms with E-state index >= 15 is 0 Å². The van der Waals surface area contributed by atoms with Gasteiger partial charge in [0.1, 0.15) is 17.5 Å². The number of piperidine rings is 3. The Bertz CT molecular complexity index is 465. The van der Waals surface area contributed by atoms with Crippen LogP contribution in [0.3, 0.4) is 0 Å². The third kappa shape index (κ3) is 1.86. The van der Waals surface area contributed by atoms with Crippen LogP contribution in [0.25, 0.3) is 0 Å². The van der Waals surface area contributed by atoms with Crippen molar-refractivity contribution in [1.82, 2.24) is 0 Å². The molecule has 96 valence electrons. The lowest BCUT2D eigenvalue weighted by Gasteiger charge is -2.42. The Hall–Kier alpha value is -1.55. The lowest BCUT2D eigenvalue weighted by molar-refractivity contribution is -0.926. The molecule has 3 N–H and O–H groups in total. The van der Waals surface area contributed by atoms with Gasteiger partial charge in [0, 0.05) is 30.7 Å². The molecule has 3 aliphatic heterocycles. The highest BCUT2D eigenvalue weighted by molar-refractivity contribution is 5.91. The third-order valence-electron chi connectivity index (χ3n) is 4.43. The van der Waals surface area contributed by atoms with Gasteiger partial charge >= 0.3 is 0 Å². The zero-order valence-electron chi connectivity index (χ0n) is 10.3. The summed E-state index contributed by atoms with van der Waals surface area (Å²) < 4.78 is 0. The van der Waals surface area contributed by atoms with E-state index in [9.17, 15) is 10.3 Å². The smallest absolute Gasteiger partial charge is 0.134 e. The summed E-state index contributed by atoms with van der Waals surface area (Å²) in [5.74, 6) is 0.792. The van der Waals surface area contributed by atoms with Crippen LogP contribution in [0, 0.1) is 5.92 Å². The van der Waals surface area contributed by atoms with Crippen molar-refractivity contribution in [3.05, 3.63) is 29.8 Å². The minimum absolute atomic E-state index is 0.232. The molecule has 0 aliphatic carbocycles. The summed E-state index contributed by atoms with van der Waals surface area (Å²) >= 11 is 0. The summed E-state index contributed by atoms with van der Waals surface area (Å²) in [6, 6.07) is 7.68. The number of hydrogen-bond donors (Lipinski definition) is 3. The van der Waals surface area contributed by atoms with Gasteiger partial charge in [-0.3, -0.25) is 0 Å². The van der Waals surface area contributed by atoms with Crippen molar-refractivity contribution in [2.45, 2.75) is 25.3 Å². The van der Waals surface area contributed by atoms with Crippen molar-refractivity contribution in [1.29, 1.82) is 0 Å². The second-order valence-corrected chi connectivity index (χ2v) is 5.34. The van der Waals surface area contributed by atoms with Crippen LogP contribution in [-0.2, 0) is 6.42 Å². The van der Waals surface area contributed by atoms with Gasteiger partial charge in [0.15, 0.2) is 0 Å². The average Bonchev–Trinajstić information content (AvgIpc) is 2.42. The molecule has 1 atom stereocenters. The molecule has 18 heavy (non-hydrogen) atoms. The number of phenols is 1. The first kappa shape index (κ1) is 11.5. The van der Waals surface area contributed by atoms with Crippen molar-refractivity contribution in [3.8, 4) is 5.75 Å². The van der Waals surface area contributed by atoms with Crippen LogP contribution in [0.5, 0.6) is 5.75 Å². The number of aromatic hydroxyl groups is 1. The monoisotopic (exact) mass is 247 g/mol. The number of quaternary nitrogens is 1. The number of para-hydroxylation sites is 1. The van der Waals surface area contributed by atoms with Gasteiger partial charge in [-0.15, -0.1) is 0 Å². The van der Waals surface area contributed by atoms with E-state index in [-0.39, 0.29) is 6.04 Å². The van der Waals surface area contributed by atoms with E-state index in [1.165, 1.54) is 4.90 Å². The Morgan fingerprint density at radius 1 is 1.22 bits per heavy atom. The summed E-state index contributed by atoms with van der Waals surface area (Å²) in [4.78, 5) is 1.49. The van der Waals surface area contributed by atoms with E-state index < -0.39 is 0 Å². The van der Waals surface area contributed by atoms with Crippen LogP contribution in [0.15, 0.2) is 29.4 Å². The molecule has 3 fully saturated rings. The van der Waals surface area contributed by atoms with Crippen molar-refractivity contribution in [2.75, 3.05) is 13.1 Å². The largest absolute Gasteiger partial charge is 0.508 e. The topological polar surface area (TPSA) is 57.3 Å². The van der Waals surface area contributed by atoms with E-state index in [2.05, 4.69) is 5.16 Å². The lowest BCUT2D eigenvalue weighted by Crippen LogP contribution is -3.20. The van der Waals surface area contributed by atoms with Gasteiger partial charge in [-0.05, 0) is 6.07 Å². The number of nitrogens with one attached hydrogen (secondary N) is 1. The minimum Gasteiger partial charge on any atom is -0.508 e. The molecule has 0 saturated carbocycles. The van der Waals surface area contributed by atoms with E-state index in [1.807, 2.05) is 18.2 Å². The fourth-order valence-electron chi connectivity index (χ4n) is 3.43.